The van der Waals surface area contributed by atoms with Gasteiger partial charge in [-0.25, -0.2) is 4.98 Å². The Hall–Kier alpha value is -1.91. The number of halogens is 2. The van der Waals surface area contributed by atoms with E-state index in [0.717, 1.165) is 16.5 Å². The molecule has 0 aliphatic carbocycles. The highest BCUT2D eigenvalue weighted by Gasteiger charge is 2.06. The van der Waals surface area contributed by atoms with Gasteiger partial charge in [-0.2, -0.15) is 4.98 Å². The van der Waals surface area contributed by atoms with Crippen molar-refractivity contribution in [3.05, 3.63) is 58.6 Å². The number of hydrogen-bond donors (Lipinski definition) is 1. The molecule has 0 fully saturated rings. The summed E-state index contributed by atoms with van der Waals surface area (Å²) in [6, 6.07) is 9.98. The molecule has 4 nitrogen and oxygen atoms in total. The number of benzene rings is 1. The number of nitrogens with one attached hydrogen (secondary N) is 1. The van der Waals surface area contributed by atoms with Crippen LogP contribution in [0, 0.1) is 0 Å². The lowest BCUT2D eigenvalue weighted by atomic mass is 10.1. The van der Waals surface area contributed by atoms with Crippen LogP contribution in [0.4, 0.5) is 5.82 Å². The van der Waals surface area contributed by atoms with Crippen LogP contribution >= 0.6 is 23.2 Å². The Kier molecular flexibility index (Phi) is 3.67. The van der Waals surface area contributed by atoms with E-state index in [2.05, 4.69) is 20.3 Å². The van der Waals surface area contributed by atoms with Crippen LogP contribution in [0.25, 0.3) is 10.9 Å². The van der Waals surface area contributed by atoms with E-state index >= 15 is 0 Å². The molecule has 6 heteroatoms. The predicted molar refractivity (Wildman–Crippen MR) is 81.1 cm³/mol. The zero-order chi connectivity index (χ0) is 13.9. The van der Waals surface area contributed by atoms with Crippen LogP contribution in [-0.2, 0) is 6.54 Å². The summed E-state index contributed by atoms with van der Waals surface area (Å²) >= 11 is 11.8. The number of fused-ring (bicyclic) bond motifs is 1. The number of nitrogens with zero attached hydrogens (tertiary/aromatic N) is 3. The monoisotopic (exact) mass is 304 g/mol. The van der Waals surface area contributed by atoms with Crippen LogP contribution in [0.3, 0.4) is 0 Å². The minimum atomic E-state index is 0.160. The van der Waals surface area contributed by atoms with E-state index in [1.807, 2.05) is 30.3 Å². The molecule has 0 saturated heterocycles. The molecule has 2 aromatic heterocycles. The topological polar surface area (TPSA) is 50.7 Å². The van der Waals surface area contributed by atoms with Crippen LogP contribution in [0.5, 0.6) is 0 Å². The molecule has 0 spiro atoms. The second kappa shape index (κ2) is 5.61. The number of pyridine rings is 1. The summed E-state index contributed by atoms with van der Waals surface area (Å²) in [5, 5.41) is 4.84. The van der Waals surface area contributed by atoms with E-state index in [1.54, 1.807) is 6.20 Å². The zero-order valence-corrected chi connectivity index (χ0v) is 11.9. The molecule has 3 rings (SSSR count). The molecular formula is C14H10Cl2N4. The molecule has 1 N–H and O–H groups in total. The van der Waals surface area contributed by atoms with E-state index in [0.29, 0.717) is 17.4 Å². The van der Waals surface area contributed by atoms with Gasteiger partial charge in [-0.15, -0.1) is 0 Å². The first-order chi connectivity index (χ1) is 9.74. The van der Waals surface area contributed by atoms with Crippen LogP contribution < -0.4 is 5.32 Å². The van der Waals surface area contributed by atoms with Crippen molar-refractivity contribution in [2.45, 2.75) is 6.54 Å². The average Bonchev–Trinajstić information content (AvgIpc) is 2.48. The minimum Gasteiger partial charge on any atom is -0.365 e. The second-order valence-electron chi connectivity index (χ2n) is 4.18. The lowest BCUT2D eigenvalue weighted by Crippen LogP contribution is -2.03. The fourth-order valence-electron chi connectivity index (χ4n) is 1.96. The summed E-state index contributed by atoms with van der Waals surface area (Å²) < 4.78 is 0. The van der Waals surface area contributed by atoms with Gasteiger partial charge in [0.1, 0.15) is 10.8 Å². The normalized spacial score (nSPS) is 10.7. The summed E-state index contributed by atoms with van der Waals surface area (Å²) in [5.41, 5.74) is 2.02. The van der Waals surface area contributed by atoms with Gasteiger partial charge in [-0.05, 0) is 23.2 Å². The van der Waals surface area contributed by atoms with Crippen molar-refractivity contribution in [2.24, 2.45) is 0 Å². The quantitative estimate of drug-likeness (QED) is 0.745. The molecular weight excluding hydrogens is 295 g/mol. The number of hydrogen-bond acceptors (Lipinski definition) is 4. The fourth-order valence-corrected chi connectivity index (χ4v) is 2.25. The Morgan fingerprint density at radius 3 is 2.80 bits per heavy atom. The van der Waals surface area contributed by atoms with Crippen molar-refractivity contribution in [3.63, 3.8) is 0 Å². The predicted octanol–water partition coefficient (Wildman–Crippen LogP) is 3.94. The van der Waals surface area contributed by atoms with Crippen molar-refractivity contribution in [1.82, 2.24) is 15.0 Å². The standard InChI is InChI=1S/C14H10Cl2N4/c15-11-8-19-14(16)20-13(11)18-7-10-4-1-3-9-5-2-6-17-12(9)10/h1-6,8H,7H2,(H,18,19,20). The lowest BCUT2D eigenvalue weighted by molar-refractivity contribution is 1.08. The Bertz CT molecular complexity index is 756. The van der Waals surface area contributed by atoms with Gasteiger partial charge in [0.15, 0.2) is 0 Å². The van der Waals surface area contributed by atoms with Crippen molar-refractivity contribution in [3.8, 4) is 0 Å². The van der Waals surface area contributed by atoms with E-state index in [9.17, 15) is 0 Å². The first-order valence-corrected chi connectivity index (χ1v) is 6.74. The number of rotatable bonds is 3. The maximum atomic E-state index is 6.02. The molecule has 2 heterocycles. The van der Waals surface area contributed by atoms with Gasteiger partial charge in [0.05, 0.1) is 11.7 Å². The minimum absolute atomic E-state index is 0.160. The first-order valence-electron chi connectivity index (χ1n) is 5.98. The Balaban J connectivity index is 1.89. The van der Waals surface area contributed by atoms with Crippen LogP contribution in [-0.4, -0.2) is 15.0 Å². The van der Waals surface area contributed by atoms with E-state index in [1.165, 1.54) is 6.20 Å². The van der Waals surface area contributed by atoms with E-state index in [-0.39, 0.29) is 5.28 Å². The first kappa shape index (κ1) is 13.1. The highest BCUT2D eigenvalue weighted by atomic mass is 35.5. The van der Waals surface area contributed by atoms with Gasteiger partial charge in [0.2, 0.25) is 5.28 Å². The maximum Gasteiger partial charge on any atom is 0.224 e. The summed E-state index contributed by atoms with van der Waals surface area (Å²) in [6.07, 6.45) is 3.25. The number of anilines is 1. The molecule has 0 atom stereocenters. The highest BCUT2D eigenvalue weighted by molar-refractivity contribution is 6.33. The largest absolute Gasteiger partial charge is 0.365 e. The second-order valence-corrected chi connectivity index (χ2v) is 4.93. The molecule has 0 unspecified atom stereocenters. The fraction of sp³-hybridized carbons (Fsp3) is 0.0714. The summed E-state index contributed by atoms with van der Waals surface area (Å²) in [6.45, 7) is 0.557. The molecule has 0 radical (unpaired) electrons. The Morgan fingerprint density at radius 2 is 1.90 bits per heavy atom. The molecule has 0 aliphatic rings. The summed E-state index contributed by atoms with van der Waals surface area (Å²) in [7, 11) is 0. The average molecular weight is 305 g/mol. The highest BCUT2D eigenvalue weighted by Crippen LogP contribution is 2.22. The van der Waals surface area contributed by atoms with Crippen LogP contribution in [0.2, 0.25) is 10.3 Å². The molecule has 0 aliphatic heterocycles. The Labute approximate surface area is 125 Å². The number of aromatic nitrogens is 3. The molecule has 100 valence electrons. The molecule has 20 heavy (non-hydrogen) atoms. The van der Waals surface area contributed by atoms with Crippen molar-refractivity contribution in [1.29, 1.82) is 0 Å². The van der Waals surface area contributed by atoms with Gasteiger partial charge in [0, 0.05) is 18.1 Å². The lowest BCUT2D eigenvalue weighted by Gasteiger charge is -2.09. The maximum absolute atomic E-state index is 6.02. The smallest absolute Gasteiger partial charge is 0.224 e. The Morgan fingerprint density at radius 1 is 1.05 bits per heavy atom. The van der Waals surface area contributed by atoms with Gasteiger partial charge >= 0.3 is 0 Å². The third kappa shape index (κ3) is 2.66. The van der Waals surface area contributed by atoms with Crippen molar-refractivity contribution < 1.29 is 0 Å². The summed E-state index contributed by atoms with van der Waals surface area (Å²) in [4.78, 5) is 12.3. The van der Waals surface area contributed by atoms with Crippen LogP contribution in [0.15, 0.2) is 42.7 Å². The van der Waals surface area contributed by atoms with E-state index < -0.39 is 0 Å². The third-order valence-corrected chi connectivity index (χ3v) is 3.34. The summed E-state index contributed by atoms with van der Waals surface area (Å²) in [5.74, 6) is 0.514. The van der Waals surface area contributed by atoms with E-state index in [4.69, 9.17) is 23.2 Å². The van der Waals surface area contributed by atoms with Crippen molar-refractivity contribution in [2.75, 3.05) is 5.32 Å². The van der Waals surface area contributed by atoms with Gasteiger partial charge < -0.3 is 5.32 Å². The zero-order valence-electron chi connectivity index (χ0n) is 10.3. The van der Waals surface area contributed by atoms with Crippen molar-refractivity contribution >= 4 is 39.9 Å². The molecule has 1 aromatic carbocycles. The third-order valence-electron chi connectivity index (χ3n) is 2.88. The molecule has 0 bridgehead atoms. The molecule has 0 amide bonds. The SMILES string of the molecule is Clc1ncc(Cl)c(NCc2cccc3cccnc23)n1. The van der Waals surface area contributed by atoms with Gasteiger partial charge in [-0.3, -0.25) is 4.98 Å². The molecule has 0 saturated carbocycles. The molecule has 3 aromatic rings. The van der Waals surface area contributed by atoms with Gasteiger partial charge in [-0.1, -0.05) is 35.9 Å². The van der Waals surface area contributed by atoms with Crippen LogP contribution in [0.1, 0.15) is 5.56 Å². The van der Waals surface area contributed by atoms with Gasteiger partial charge in [0.25, 0.3) is 0 Å². The number of para-hydroxylation sites is 1.